The predicted molar refractivity (Wildman–Crippen MR) is 126 cm³/mol. The van der Waals surface area contributed by atoms with Gasteiger partial charge in [0.05, 0.1) is 36.6 Å². The normalized spacial score (nSPS) is 12.2. The molecule has 0 saturated carbocycles. The molecule has 14 heteroatoms. The van der Waals surface area contributed by atoms with Gasteiger partial charge < -0.3 is 19.5 Å². The second-order valence-corrected chi connectivity index (χ2v) is 8.59. The number of hydrogen-bond acceptors (Lipinski definition) is 10. The molecule has 2 N–H and O–H groups in total. The van der Waals surface area contributed by atoms with Gasteiger partial charge in [-0.05, 0) is 31.5 Å². The number of carbonyl (C=O) groups is 1. The molecule has 0 spiro atoms. The highest BCUT2D eigenvalue weighted by Gasteiger charge is 2.25. The fraction of sp³-hybridized carbons (Fsp3) is 0.286. The quantitative estimate of drug-likeness (QED) is 0.114. The Kier molecular flexibility index (Phi) is 9.25. The van der Waals surface area contributed by atoms with Gasteiger partial charge in [0, 0.05) is 12.6 Å². The van der Waals surface area contributed by atoms with Crippen molar-refractivity contribution >= 4 is 33.1 Å². The number of allylic oxidation sites excluding steroid dienone is 1. The van der Waals surface area contributed by atoms with Crippen molar-refractivity contribution in [2.75, 3.05) is 31.4 Å². The average Bonchev–Trinajstić information content (AvgIpc) is 2.80. The number of aliphatic hydroxyl groups is 1. The van der Waals surface area contributed by atoms with Crippen molar-refractivity contribution in [1.29, 1.82) is 0 Å². The van der Waals surface area contributed by atoms with Crippen LogP contribution in [0.5, 0.6) is 11.5 Å². The molecule has 0 aliphatic rings. The second kappa shape index (κ2) is 11.9. The third-order valence-electron chi connectivity index (χ3n) is 4.58. The summed E-state index contributed by atoms with van der Waals surface area (Å²) in [5.41, 5.74) is -0.410. The summed E-state index contributed by atoms with van der Waals surface area (Å²) in [4.78, 5) is 24.9. The van der Waals surface area contributed by atoms with Gasteiger partial charge >= 0.3 is 0 Å². The molecular formula is C21H24N4O9S. The molecule has 0 heterocycles. The van der Waals surface area contributed by atoms with Crippen LogP contribution in [0.4, 0.5) is 17.1 Å². The minimum absolute atomic E-state index is 0.0140. The van der Waals surface area contributed by atoms with E-state index in [9.17, 15) is 28.4 Å². The molecule has 0 bridgehead atoms. The van der Waals surface area contributed by atoms with Gasteiger partial charge in [0.15, 0.2) is 11.4 Å². The van der Waals surface area contributed by atoms with Gasteiger partial charge in [0.2, 0.25) is 0 Å². The number of rotatable bonds is 11. The molecule has 0 aliphatic heterocycles. The highest BCUT2D eigenvalue weighted by atomic mass is 32.2. The zero-order chi connectivity index (χ0) is 26.2. The number of amides is 1. The first kappa shape index (κ1) is 27.2. The molecule has 0 fully saturated rings. The number of benzene rings is 2. The van der Waals surface area contributed by atoms with Crippen molar-refractivity contribution in [3.05, 3.63) is 64.0 Å². The number of para-hydroxylation sites is 2. The second-order valence-electron chi connectivity index (χ2n) is 7.02. The Morgan fingerprint density at radius 2 is 1.80 bits per heavy atom. The number of nitro benzene ring substituents is 1. The summed E-state index contributed by atoms with van der Waals surface area (Å²) in [6.07, 6.45) is -0.131. The van der Waals surface area contributed by atoms with Crippen molar-refractivity contribution in [1.82, 2.24) is 0 Å². The lowest BCUT2D eigenvalue weighted by Gasteiger charge is -2.24. The van der Waals surface area contributed by atoms with Gasteiger partial charge in [-0.15, -0.1) is 10.2 Å². The number of carbonyl (C=O) groups excluding carboxylic acids is 1. The summed E-state index contributed by atoms with van der Waals surface area (Å²) in [5.74, 6) is -1.63. The predicted octanol–water partition coefficient (Wildman–Crippen LogP) is 3.80. The Bertz CT molecular complexity index is 1260. The topological polar surface area (TPSA) is 181 Å². The molecule has 0 aromatic heterocycles. The summed E-state index contributed by atoms with van der Waals surface area (Å²) >= 11 is 0. The van der Waals surface area contributed by atoms with Crippen LogP contribution in [0.3, 0.4) is 0 Å². The number of azo groups is 1. The van der Waals surface area contributed by atoms with Gasteiger partial charge in [-0.3, -0.25) is 19.5 Å². The molecule has 2 aromatic rings. The number of methoxy groups -OCH3 is 2. The zero-order valence-electron chi connectivity index (χ0n) is 19.1. The minimum atomic E-state index is -4.28. The number of hydrogen-bond donors (Lipinski definition) is 2. The van der Waals surface area contributed by atoms with E-state index in [0.717, 1.165) is 11.0 Å². The number of anilines is 1. The molecule has 188 valence electrons. The van der Waals surface area contributed by atoms with Crippen LogP contribution in [-0.2, 0) is 14.9 Å². The monoisotopic (exact) mass is 508 g/mol. The molecule has 13 nitrogen and oxygen atoms in total. The third kappa shape index (κ3) is 7.48. The van der Waals surface area contributed by atoms with Crippen LogP contribution in [0.25, 0.3) is 0 Å². The van der Waals surface area contributed by atoms with Crippen molar-refractivity contribution in [2.45, 2.75) is 13.3 Å². The summed E-state index contributed by atoms with van der Waals surface area (Å²) in [6.45, 7) is 1.03. The molecule has 0 unspecified atom stereocenters. The van der Waals surface area contributed by atoms with E-state index in [4.69, 9.17) is 14.0 Å². The van der Waals surface area contributed by atoms with Gasteiger partial charge in [-0.1, -0.05) is 12.1 Å². The third-order valence-corrected chi connectivity index (χ3v) is 5.39. The van der Waals surface area contributed by atoms with Crippen molar-refractivity contribution in [2.24, 2.45) is 10.2 Å². The summed E-state index contributed by atoms with van der Waals surface area (Å²) in [7, 11) is -1.62. The standard InChI is InChI=1S/C21H24N4O9S/c1-14(26)20(23-22-16-10-9-15(25(28)29)13-19(16)34-3)21(27)24(11-6-12-35(30,31)32)17-7-4-5-8-18(17)33-2/h4-5,7-10,13,26H,6,11-12H2,1-3H3,(H,30,31,32). The van der Waals surface area contributed by atoms with E-state index in [2.05, 4.69) is 10.2 Å². The van der Waals surface area contributed by atoms with E-state index in [0.29, 0.717) is 0 Å². The molecule has 2 rings (SSSR count). The van der Waals surface area contributed by atoms with E-state index in [1.54, 1.807) is 24.3 Å². The van der Waals surface area contributed by atoms with Gasteiger partial charge in [0.1, 0.15) is 17.2 Å². The number of nitrogens with zero attached hydrogens (tertiary/aromatic N) is 4. The molecule has 0 atom stereocenters. The van der Waals surface area contributed by atoms with Gasteiger partial charge in [-0.25, -0.2) is 0 Å². The first-order chi connectivity index (χ1) is 16.5. The fourth-order valence-corrected chi connectivity index (χ4v) is 3.45. The summed E-state index contributed by atoms with van der Waals surface area (Å²) < 4.78 is 41.8. The smallest absolute Gasteiger partial charge is 0.282 e. The number of nitro groups is 1. The van der Waals surface area contributed by atoms with Gasteiger partial charge in [0.25, 0.3) is 21.7 Å². The number of non-ortho nitro benzene ring substituents is 1. The van der Waals surface area contributed by atoms with E-state index >= 15 is 0 Å². The lowest BCUT2D eigenvalue weighted by molar-refractivity contribution is -0.384. The molecule has 0 radical (unpaired) electrons. The summed E-state index contributed by atoms with van der Waals surface area (Å²) in [5, 5.41) is 28.9. The first-order valence-corrected chi connectivity index (χ1v) is 11.6. The fourth-order valence-electron chi connectivity index (χ4n) is 2.95. The average molecular weight is 509 g/mol. The van der Waals surface area contributed by atoms with E-state index < -0.39 is 38.2 Å². The number of ether oxygens (including phenoxy) is 2. The molecule has 1 amide bonds. The Hall–Kier alpha value is -4.04. The first-order valence-electron chi connectivity index (χ1n) is 10.0. The summed E-state index contributed by atoms with van der Waals surface area (Å²) in [6, 6.07) is 9.98. The Morgan fingerprint density at radius 1 is 1.14 bits per heavy atom. The highest BCUT2D eigenvalue weighted by Crippen LogP contribution is 2.33. The van der Waals surface area contributed by atoms with Crippen molar-refractivity contribution in [3.8, 4) is 11.5 Å². The van der Waals surface area contributed by atoms with Crippen LogP contribution in [-0.4, -0.2) is 55.4 Å². The maximum absolute atomic E-state index is 13.4. The molecular weight excluding hydrogens is 484 g/mol. The lowest BCUT2D eigenvalue weighted by Crippen LogP contribution is -2.34. The van der Waals surface area contributed by atoms with Gasteiger partial charge in [-0.2, -0.15) is 8.42 Å². The largest absolute Gasteiger partial charge is 0.510 e. The van der Waals surface area contributed by atoms with E-state index in [-0.39, 0.29) is 41.5 Å². The van der Waals surface area contributed by atoms with Crippen LogP contribution in [0.2, 0.25) is 0 Å². The Morgan fingerprint density at radius 3 is 2.37 bits per heavy atom. The van der Waals surface area contributed by atoms with Crippen LogP contribution in [0.15, 0.2) is 64.1 Å². The number of aliphatic hydroxyl groups excluding tert-OH is 1. The van der Waals surface area contributed by atoms with Crippen LogP contribution in [0, 0.1) is 10.1 Å². The van der Waals surface area contributed by atoms with Crippen LogP contribution >= 0.6 is 0 Å². The molecule has 2 aromatic carbocycles. The molecule has 0 saturated heterocycles. The van der Waals surface area contributed by atoms with E-state index in [1.165, 1.54) is 33.3 Å². The van der Waals surface area contributed by atoms with Crippen LogP contribution in [0.1, 0.15) is 13.3 Å². The SMILES string of the molecule is COc1cc([N+](=O)[O-])ccc1N=NC(C(=O)N(CCCS(=O)(=O)O)c1ccccc1OC)=C(C)O. The van der Waals surface area contributed by atoms with Crippen molar-refractivity contribution in [3.63, 3.8) is 0 Å². The Balaban J connectivity index is 2.47. The van der Waals surface area contributed by atoms with E-state index in [1.807, 2.05) is 0 Å². The minimum Gasteiger partial charge on any atom is -0.510 e. The van der Waals surface area contributed by atoms with Crippen molar-refractivity contribution < 1.29 is 37.3 Å². The Labute approximate surface area is 201 Å². The maximum Gasteiger partial charge on any atom is 0.282 e. The highest BCUT2D eigenvalue weighted by molar-refractivity contribution is 7.85. The lowest BCUT2D eigenvalue weighted by atomic mass is 10.2. The molecule has 0 aliphatic carbocycles. The van der Waals surface area contributed by atoms with Crippen LogP contribution < -0.4 is 14.4 Å². The maximum atomic E-state index is 13.4. The molecule has 35 heavy (non-hydrogen) atoms. The zero-order valence-corrected chi connectivity index (χ0v) is 19.9.